The zero-order chi connectivity index (χ0) is 21.5. The number of fused-ring (bicyclic) bond motifs is 1. The summed E-state index contributed by atoms with van der Waals surface area (Å²) in [6.07, 6.45) is 0. The van der Waals surface area contributed by atoms with E-state index >= 15 is 0 Å². The van der Waals surface area contributed by atoms with E-state index in [0.29, 0.717) is 17.9 Å². The Labute approximate surface area is 191 Å². The average Bonchev–Trinajstić information content (AvgIpc) is 3.12. The second-order valence-electron chi connectivity index (χ2n) is 6.45. The summed E-state index contributed by atoms with van der Waals surface area (Å²) in [4.78, 5) is 12.6. The van der Waals surface area contributed by atoms with Crippen LogP contribution >= 0.6 is 34.2 Å². The minimum absolute atomic E-state index is 0.0155. The molecule has 0 saturated heterocycles. The van der Waals surface area contributed by atoms with E-state index in [0.717, 1.165) is 19.6 Å². The summed E-state index contributed by atoms with van der Waals surface area (Å²) in [5.41, 5.74) is 4.01. The molecule has 1 aliphatic rings. The summed E-state index contributed by atoms with van der Waals surface area (Å²) in [5.74, 6) is -1.47. The maximum Gasteiger partial charge on any atom is 0.277 e. The fraction of sp³-hybridized carbons (Fsp3) is 0.0500. The van der Waals surface area contributed by atoms with Gasteiger partial charge in [0.2, 0.25) is 0 Å². The topological polar surface area (TPSA) is 78.5 Å². The molecule has 0 saturated carbocycles. The Morgan fingerprint density at radius 3 is 2.57 bits per heavy atom. The highest BCUT2D eigenvalue weighted by atomic mass is 127. The number of hydrazine groups is 1. The summed E-state index contributed by atoms with van der Waals surface area (Å²) in [7, 11) is -3.85. The van der Waals surface area contributed by atoms with Gasteiger partial charge in [0.15, 0.2) is 0 Å². The van der Waals surface area contributed by atoms with Gasteiger partial charge in [0.05, 0.1) is 21.2 Å². The third-order valence-electron chi connectivity index (χ3n) is 4.52. The Balaban J connectivity index is 1.65. The van der Waals surface area contributed by atoms with Crippen LogP contribution in [-0.4, -0.2) is 14.3 Å². The smallest absolute Gasteiger partial charge is 0.277 e. The van der Waals surface area contributed by atoms with Gasteiger partial charge >= 0.3 is 0 Å². The van der Waals surface area contributed by atoms with Crippen LogP contribution in [0.1, 0.15) is 15.9 Å². The van der Waals surface area contributed by atoms with Crippen LogP contribution < -0.4 is 15.2 Å². The van der Waals surface area contributed by atoms with Crippen molar-refractivity contribution < 1.29 is 17.6 Å². The summed E-state index contributed by atoms with van der Waals surface area (Å²) in [5, 5.41) is 2.56. The SMILES string of the molecule is O=C(Nc1ccc2c(c1)N(S(=O)(=O)c1ccc(I)cc1)NC2)c1c(F)cccc1Cl. The van der Waals surface area contributed by atoms with Crippen molar-refractivity contribution in [2.24, 2.45) is 0 Å². The lowest BCUT2D eigenvalue weighted by Crippen LogP contribution is -2.38. The number of anilines is 2. The van der Waals surface area contributed by atoms with Crippen molar-refractivity contribution in [2.75, 3.05) is 9.73 Å². The molecule has 0 aliphatic carbocycles. The number of sulfonamides is 1. The number of carbonyl (C=O) groups excluding carboxylic acids is 1. The fourth-order valence-electron chi connectivity index (χ4n) is 3.06. The first-order valence-electron chi connectivity index (χ1n) is 8.70. The largest absolute Gasteiger partial charge is 0.322 e. The molecule has 10 heteroatoms. The molecule has 1 aliphatic heterocycles. The zero-order valence-electron chi connectivity index (χ0n) is 15.2. The molecule has 0 atom stereocenters. The number of amides is 1. The minimum atomic E-state index is -3.85. The number of carbonyl (C=O) groups is 1. The quantitative estimate of drug-likeness (QED) is 0.462. The van der Waals surface area contributed by atoms with E-state index in [9.17, 15) is 17.6 Å². The third-order valence-corrected chi connectivity index (χ3v) is 7.23. The third kappa shape index (κ3) is 3.89. The van der Waals surface area contributed by atoms with Crippen LogP contribution in [0.2, 0.25) is 5.02 Å². The molecule has 154 valence electrons. The highest BCUT2D eigenvalue weighted by Gasteiger charge is 2.31. The molecule has 0 fully saturated rings. The van der Waals surface area contributed by atoms with Crippen molar-refractivity contribution in [3.05, 3.63) is 86.2 Å². The molecule has 4 rings (SSSR count). The van der Waals surface area contributed by atoms with Crippen LogP contribution in [0.15, 0.2) is 65.6 Å². The lowest BCUT2D eigenvalue weighted by atomic mass is 10.1. The first kappa shape index (κ1) is 21.0. The van der Waals surface area contributed by atoms with Crippen LogP contribution in [0.4, 0.5) is 15.8 Å². The number of rotatable bonds is 4. The molecule has 0 radical (unpaired) electrons. The van der Waals surface area contributed by atoms with E-state index in [2.05, 4.69) is 33.3 Å². The van der Waals surface area contributed by atoms with E-state index in [1.54, 1.807) is 24.3 Å². The van der Waals surface area contributed by atoms with Gasteiger partial charge in [-0.05, 0) is 76.7 Å². The number of benzene rings is 3. The summed E-state index contributed by atoms with van der Waals surface area (Å²) < 4.78 is 42.1. The monoisotopic (exact) mass is 557 g/mol. The molecule has 1 heterocycles. The van der Waals surface area contributed by atoms with Gasteiger partial charge in [-0.3, -0.25) is 4.79 Å². The molecular formula is C20H14ClFIN3O3S. The molecule has 0 aromatic heterocycles. The summed E-state index contributed by atoms with van der Waals surface area (Å²) >= 11 is 8.04. The van der Waals surface area contributed by atoms with Gasteiger partial charge in [-0.1, -0.05) is 23.7 Å². The van der Waals surface area contributed by atoms with Crippen LogP contribution in [0.5, 0.6) is 0 Å². The predicted octanol–water partition coefficient (Wildman–Crippen LogP) is 4.55. The molecule has 0 spiro atoms. The molecule has 1 amide bonds. The molecule has 3 aromatic carbocycles. The van der Waals surface area contributed by atoms with Crippen LogP contribution in [0, 0.1) is 9.39 Å². The average molecular weight is 558 g/mol. The molecule has 2 N–H and O–H groups in total. The molecule has 0 unspecified atom stereocenters. The van der Waals surface area contributed by atoms with Crippen molar-refractivity contribution in [1.29, 1.82) is 0 Å². The van der Waals surface area contributed by atoms with E-state index in [4.69, 9.17) is 11.6 Å². The first-order chi connectivity index (χ1) is 14.3. The predicted molar refractivity (Wildman–Crippen MR) is 121 cm³/mol. The van der Waals surface area contributed by atoms with Crippen molar-refractivity contribution in [1.82, 2.24) is 5.43 Å². The Hall–Kier alpha value is -2.21. The van der Waals surface area contributed by atoms with Gasteiger partial charge in [-0.25, -0.2) is 9.82 Å². The minimum Gasteiger partial charge on any atom is -0.322 e. The molecular weight excluding hydrogens is 544 g/mol. The Bertz CT molecular complexity index is 1230. The summed E-state index contributed by atoms with van der Waals surface area (Å²) in [6, 6.07) is 15.3. The number of nitrogens with zero attached hydrogens (tertiary/aromatic N) is 1. The van der Waals surface area contributed by atoms with Crippen molar-refractivity contribution in [3.8, 4) is 0 Å². The molecule has 6 nitrogen and oxygen atoms in total. The highest BCUT2D eigenvalue weighted by molar-refractivity contribution is 14.1. The van der Waals surface area contributed by atoms with E-state index in [-0.39, 0.29) is 15.5 Å². The standard InChI is InChI=1S/C20H14ClFIN3O3S/c21-16-2-1-3-17(22)19(16)20(27)25-14-7-4-12-11-24-26(18(12)10-14)30(28,29)15-8-5-13(23)6-9-15/h1-10,24H,11H2,(H,25,27). The lowest BCUT2D eigenvalue weighted by molar-refractivity contribution is 0.102. The first-order valence-corrected chi connectivity index (χ1v) is 11.6. The van der Waals surface area contributed by atoms with Gasteiger partial charge < -0.3 is 5.32 Å². The Kier molecular flexibility index (Phi) is 5.71. The maximum atomic E-state index is 14.0. The highest BCUT2D eigenvalue weighted by Crippen LogP contribution is 2.33. The van der Waals surface area contributed by atoms with Crippen molar-refractivity contribution in [2.45, 2.75) is 11.4 Å². The van der Waals surface area contributed by atoms with E-state index in [1.807, 2.05) is 0 Å². The number of hydrogen-bond acceptors (Lipinski definition) is 4. The fourth-order valence-corrected chi connectivity index (χ4v) is 5.02. The van der Waals surface area contributed by atoms with Gasteiger partial charge in [0, 0.05) is 15.8 Å². The second kappa shape index (κ2) is 8.14. The zero-order valence-corrected chi connectivity index (χ0v) is 18.9. The maximum absolute atomic E-state index is 14.0. The lowest BCUT2D eigenvalue weighted by Gasteiger charge is -2.20. The van der Waals surface area contributed by atoms with E-state index in [1.165, 1.54) is 30.3 Å². The van der Waals surface area contributed by atoms with Gasteiger partial charge in [0.25, 0.3) is 15.9 Å². The normalized spacial score (nSPS) is 13.2. The van der Waals surface area contributed by atoms with Gasteiger partial charge in [-0.15, -0.1) is 0 Å². The van der Waals surface area contributed by atoms with Crippen LogP contribution in [0.3, 0.4) is 0 Å². The number of halogens is 3. The second-order valence-corrected chi connectivity index (χ2v) is 9.89. The van der Waals surface area contributed by atoms with E-state index < -0.39 is 21.7 Å². The Morgan fingerprint density at radius 2 is 1.87 bits per heavy atom. The van der Waals surface area contributed by atoms with Gasteiger partial charge in [-0.2, -0.15) is 12.8 Å². The molecule has 0 bridgehead atoms. The van der Waals surface area contributed by atoms with Crippen molar-refractivity contribution >= 4 is 61.5 Å². The molecule has 30 heavy (non-hydrogen) atoms. The number of hydrogen-bond donors (Lipinski definition) is 2. The van der Waals surface area contributed by atoms with Gasteiger partial charge in [0.1, 0.15) is 5.82 Å². The number of nitrogens with one attached hydrogen (secondary N) is 2. The van der Waals surface area contributed by atoms with Crippen LogP contribution in [-0.2, 0) is 16.6 Å². The van der Waals surface area contributed by atoms with Crippen molar-refractivity contribution in [3.63, 3.8) is 0 Å². The van der Waals surface area contributed by atoms with Crippen LogP contribution in [0.25, 0.3) is 0 Å². The summed E-state index contributed by atoms with van der Waals surface area (Å²) in [6.45, 7) is 0.312. The Morgan fingerprint density at radius 1 is 1.13 bits per heavy atom. The molecule has 3 aromatic rings.